The van der Waals surface area contributed by atoms with Crippen molar-refractivity contribution in [2.75, 3.05) is 39.3 Å². The molecule has 2 heteroatoms. The van der Waals surface area contributed by atoms with Crippen LogP contribution in [-0.4, -0.2) is 49.1 Å². The maximum Gasteiger partial charge on any atom is 0.0110 e. The molecule has 0 unspecified atom stereocenters. The first kappa shape index (κ1) is 14.0. The third-order valence-electron chi connectivity index (χ3n) is 3.41. The Labute approximate surface area is 102 Å². The van der Waals surface area contributed by atoms with Crippen LogP contribution in [0.1, 0.15) is 47.0 Å². The molecule has 1 heterocycles. The van der Waals surface area contributed by atoms with Gasteiger partial charge in [0.05, 0.1) is 0 Å². The molecule has 1 fully saturated rings. The highest BCUT2D eigenvalue weighted by Crippen LogP contribution is 2.20. The van der Waals surface area contributed by atoms with Crippen LogP contribution in [-0.2, 0) is 0 Å². The molecule has 0 atom stereocenters. The zero-order valence-electron chi connectivity index (χ0n) is 11.8. The van der Waals surface area contributed by atoms with Gasteiger partial charge in [-0.3, -0.25) is 0 Å². The summed E-state index contributed by atoms with van der Waals surface area (Å²) in [6, 6.07) is 0. The summed E-state index contributed by atoms with van der Waals surface area (Å²) >= 11 is 0. The molecule has 0 N–H and O–H groups in total. The lowest BCUT2D eigenvalue weighted by atomic mass is 9.90. The highest BCUT2D eigenvalue weighted by molar-refractivity contribution is 4.72. The molecule has 1 aliphatic rings. The first-order valence-electron chi connectivity index (χ1n) is 6.96. The number of nitrogens with zero attached hydrogens (tertiary/aromatic N) is 2. The zero-order valence-corrected chi connectivity index (χ0v) is 11.8. The van der Waals surface area contributed by atoms with Gasteiger partial charge in [-0.05, 0) is 37.8 Å². The van der Waals surface area contributed by atoms with Crippen molar-refractivity contribution in [2.24, 2.45) is 5.41 Å². The van der Waals surface area contributed by atoms with Crippen LogP contribution in [0.2, 0.25) is 0 Å². The Morgan fingerprint density at radius 1 is 0.875 bits per heavy atom. The highest BCUT2D eigenvalue weighted by atomic mass is 15.3. The van der Waals surface area contributed by atoms with E-state index in [9.17, 15) is 0 Å². The predicted octanol–water partition coefficient (Wildman–Crippen LogP) is 2.84. The highest BCUT2D eigenvalue weighted by Gasteiger charge is 2.16. The largest absolute Gasteiger partial charge is 0.301 e. The third kappa shape index (κ3) is 5.86. The molecule has 1 rings (SSSR count). The fourth-order valence-corrected chi connectivity index (χ4v) is 2.39. The molecule has 1 saturated heterocycles. The Morgan fingerprint density at radius 3 is 1.81 bits per heavy atom. The minimum atomic E-state index is 0.504. The van der Waals surface area contributed by atoms with Crippen LogP contribution in [0.3, 0.4) is 0 Å². The molecule has 1 aliphatic heterocycles. The van der Waals surface area contributed by atoms with E-state index in [4.69, 9.17) is 0 Å². The van der Waals surface area contributed by atoms with E-state index >= 15 is 0 Å². The van der Waals surface area contributed by atoms with Gasteiger partial charge in [-0.1, -0.05) is 27.7 Å². The Bertz CT molecular complexity index is 176. The molecule has 0 bridgehead atoms. The van der Waals surface area contributed by atoms with E-state index in [0.717, 1.165) is 0 Å². The standard InChI is InChI=1S/C14H30N2/c1-5-8-15-10-12-16(13-11-15)9-6-7-14(2,3)4/h5-13H2,1-4H3. The van der Waals surface area contributed by atoms with Gasteiger partial charge in [-0.15, -0.1) is 0 Å². The van der Waals surface area contributed by atoms with Crippen LogP contribution >= 0.6 is 0 Å². The average Bonchev–Trinajstić information content (AvgIpc) is 2.19. The summed E-state index contributed by atoms with van der Waals surface area (Å²) in [4.78, 5) is 5.23. The fourth-order valence-electron chi connectivity index (χ4n) is 2.39. The van der Waals surface area contributed by atoms with Gasteiger partial charge < -0.3 is 9.80 Å². The third-order valence-corrected chi connectivity index (χ3v) is 3.41. The van der Waals surface area contributed by atoms with E-state index < -0.39 is 0 Å². The van der Waals surface area contributed by atoms with Crippen LogP contribution in [0.5, 0.6) is 0 Å². The second-order valence-electron chi connectivity index (χ2n) is 6.35. The lowest BCUT2D eigenvalue weighted by molar-refractivity contribution is 0.128. The van der Waals surface area contributed by atoms with Gasteiger partial charge >= 0.3 is 0 Å². The van der Waals surface area contributed by atoms with Crippen molar-refractivity contribution < 1.29 is 0 Å². The summed E-state index contributed by atoms with van der Waals surface area (Å²) in [7, 11) is 0. The van der Waals surface area contributed by atoms with Crippen molar-refractivity contribution in [3.05, 3.63) is 0 Å². The van der Waals surface area contributed by atoms with E-state index in [0.29, 0.717) is 5.41 Å². The molecule has 0 aromatic heterocycles. The molecule has 0 saturated carbocycles. The van der Waals surface area contributed by atoms with Gasteiger partial charge in [0.2, 0.25) is 0 Å². The quantitative estimate of drug-likeness (QED) is 0.711. The van der Waals surface area contributed by atoms with Crippen LogP contribution in [0.4, 0.5) is 0 Å². The SMILES string of the molecule is CCCN1CCN(CCCC(C)(C)C)CC1. The van der Waals surface area contributed by atoms with Crippen LogP contribution in [0.15, 0.2) is 0 Å². The maximum atomic E-state index is 2.64. The average molecular weight is 226 g/mol. The van der Waals surface area contributed by atoms with Crippen LogP contribution < -0.4 is 0 Å². The van der Waals surface area contributed by atoms with Crippen molar-refractivity contribution in [1.29, 1.82) is 0 Å². The van der Waals surface area contributed by atoms with Gasteiger partial charge in [-0.2, -0.15) is 0 Å². The summed E-state index contributed by atoms with van der Waals surface area (Å²) in [5, 5.41) is 0. The summed E-state index contributed by atoms with van der Waals surface area (Å²) in [5.74, 6) is 0. The number of hydrogen-bond donors (Lipinski definition) is 0. The molecule has 96 valence electrons. The Kier molecular flexibility index (Phi) is 5.77. The first-order chi connectivity index (χ1) is 7.51. The Hall–Kier alpha value is -0.0800. The van der Waals surface area contributed by atoms with E-state index in [1.807, 2.05) is 0 Å². The molecule has 0 radical (unpaired) electrons. The molecular formula is C14H30N2. The Balaban J connectivity index is 2.08. The number of piperazine rings is 1. The van der Waals surface area contributed by atoms with E-state index in [1.54, 1.807) is 0 Å². The summed E-state index contributed by atoms with van der Waals surface area (Å²) < 4.78 is 0. The van der Waals surface area contributed by atoms with Gasteiger partial charge in [0, 0.05) is 26.2 Å². The van der Waals surface area contributed by atoms with Crippen molar-refractivity contribution >= 4 is 0 Å². The number of rotatable bonds is 5. The molecule has 16 heavy (non-hydrogen) atoms. The molecule has 0 aliphatic carbocycles. The van der Waals surface area contributed by atoms with Gasteiger partial charge in [0.15, 0.2) is 0 Å². The molecule has 0 amide bonds. The second kappa shape index (κ2) is 6.61. The summed E-state index contributed by atoms with van der Waals surface area (Å²) in [6.45, 7) is 17.0. The van der Waals surface area contributed by atoms with Crippen LogP contribution in [0, 0.1) is 5.41 Å². The van der Waals surface area contributed by atoms with Gasteiger partial charge in [0.25, 0.3) is 0 Å². The predicted molar refractivity (Wildman–Crippen MR) is 71.9 cm³/mol. The lowest BCUT2D eigenvalue weighted by Crippen LogP contribution is -2.46. The van der Waals surface area contributed by atoms with Gasteiger partial charge in [-0.25, -0.2) is 0 Å². The fraction of sp³-hybridized carbons (Fsp3) is 1.00. The smallest absolute Gasteiger partial charge is 0.0110 e. The van der Waals surface area contributed by atoms with Crippen LogP contribution in [0.25, 0.3) is 0 Å². The number of hydrogen-bond acceptors (Lipinski definition) is 2. The maximum absolute atomic E-state index is 2.64. The lowest BCUT2D eigenvalue weighted by Gasteiger charge is -2.35. The molecule has 2 nitrogen and oxygen atoms in total. The van der Waals surface area contributed by atoms with E-state index in [2.05, 4.69) is 37.5 Å². The monoisotopic (exact) mass is 226 g/mol. The Morgan fingerprint density at radius 2 is 1.38 bits per heavy atom. The molecular weight excluding hydrogens is 196 g/mol. The minimum Gasteiger partial charge on any atom is -0.301 e. The summed E-state index contributed by atoms with van der Waals surface area (Å²) in [6.07, 6.45) is 4.00. The minimum absolute atomic E-state index is 0.504. The topological polar surface area (TPSA) is 6.48 Å². The van der Waals surface area contributed by atoms with E-state index in [-0.39, 0.29) is 0 Å². The van der Waals surface area contributed by atoms with Crippen molar-refractivity contribution in [3.63, 3.8) is 0 Å². The zero-order chi connectivity index (χ0) is 12.0. The normalized spacial score (nSPS) is 20.2. The van der Waals surface area contributed by atoms with Crippen molar-refractivity contribution in [1.82, 2.24) is 9.80 Å². The molecule has 0 aromatic rings. The van der Waals surface area contributed by atoms with Crippen molar-refractivity contribution in [3.8, 4) is 0 Å². The van der Waals surface area contributed by atoms with Crippen molar-refractivity contribution in [2.45, 2.75) is 47.0 Å². The molecule has 0 spiro atoms. The first-order valence-corrected chi connectivity index (χ1v) is 6.96. The summed E-state index contributed by atoms with van der Waals surface area (Å²) in [5.41, 5.74) is 0.504. The van der Waals surface area contributed by atoms with Gasteiger partial charge in [0.1, 0.15) is 0 Å². The molecule has 0 aromatic carbocycles. The van der Waals surface area contributed by atoms with E-state index in [1.165, 1.54) is 58.5 Å². The second-order valence-corrected chi connectivity index (χ2v) is 6.35.